The topological polar surface area (TPSA) is 41.5 Å². The monoisotopic (exact) mass is 335 g/mol. The molecule has 3 nitrogen and oxygen atoms in total. The second-order valence-corrected chi connectivity index (χ2v) is 5.38. The van der Waals surface area contributed by atoms with Crippen molar-refractivity contribution in [1.82, 2.24) is 5.32 Å². The first-order valence-electron chi connectivity index (χ1n) is 6.50. The number of halogens is 1. The molecule has 0 bridgehead atoms. The highest BCUT2D eigenvalue weighted by atomic mass is 79.9. The Hall–Kier alpha value is -1.52. The molecule has 0 aromatic heterocycles. The van der Waals surface area contributed by atoms with E-state index in [1.165, 1.54) is 5.56 Å². The lowest BCUT2D eigenvalue weighted by Crippen LogP contribution is -2.16. The first-order chi connectivity index (χ1) is 9.70. The lowest BCUT2D eigenvalue weighted by molar-refractivity contribution is 0.414. The highest BCUT2D eigenvalue weighted by Gasteiger charge is 2.03. The van der Waals surface area contributed by atoms with Gasteiger partial charge in [-0.1, -0.05) is 24.3 Å². The molecule has 2 aromatic rings. The number of rotatable bonds is 6. The Morgan fingerprint density at radius 2 is 1.90 bits per heavy atom. The van der Waals surface area contributed by atoms with E-state index < -0.39 is 0 Å². The summed E-state index contributed by atoms with van der Waals surface area (Å²) in [5.41, 5.74) is 2.16. The summed E-state index contributed by atoms with van der Waals surface area (Å²) in [6, 6.07) is 13.7. The van der Waals surface area contributed by atoms with Crippen molar-refractivity contribution in [2.24, 2.45) is 0 Å². The third kappa shape index (κ3) is 3.99. The van der Waals surface area contributed by atoms with E-state index in [4.69, 9.17) is 4.74 Å². The van der Waals surface area contributed by atoms with Gasteiger partial charge in [0.2, 0.25) is 0 Å². The number of para-hydroxylation sites is 1. The minimum absolute atomic E-state index is 0.310. The lowest BCUT2D eigenvalue weighted by atomic mass is 10.1. The zero-order valence-corrected chi connectivity index (χ0v) is 13.0. The largest absolute Gasteiger partial charge is 0.506 e. The van der Waals surface area contributed by atoms with E-state index in [9.17, 15) is 5.11 Å². The van der Waals surface area contributed by atoms with Crippen molar-refractivity contribution in [2.45, 2.75) is 13.0 Å². The van der Waals surface area contributed by atoms with Gasteiger partial charge in [0.1, 0.15) is 11.5 Å². The molecule has 2 aromatic carbocycles. The number of hydrogen-bond donors (Lipinski definition) is 2. The summed E-state index contributed by atoms with van der Waals surface area (Å²) < 4.78 is 5.86. The van der Waals surface area contributed by atoms with Crippen molar-refractivity contribution in [1.29, 1.82) is 0 Å². The molecule has 0 aliphatic rings. The number of aromatic hydroxyl groups is 1. The van der Waals surface area contributed by atoms with Crippen molar-refractivity contribution >= 4 is 15.9 Å². The van der Waals surface area contributed by atoms with Crippen LogP contribution in [0.2, 0.25) is 0 Å². The summed E-state index contributed by atoms with van der Waals surface area (Å²) in [6.45, 7) is 1.51. The fraction of sp³-hybridized carbons (Fsp3) is 0.250. The highest BCUT2D eigenvalue weighted by molar-refractivity contribution is 9.10. The van der Waals surface area contributed by atoms with Crippen LogP contribution < -0.4 is 10.1 Å². The van der Waals surface area contributed by atoms with Gasteiger partial charge in [0.25, 0.3) is 0 Å². The number of phenols is 1. The van der Waals surface area contributed by atoms with Gasteiger partial charge in [0.15, 0.2) is 0 Å². The van der Waals surface area contributed by atoms with Gasteiger partial charge in [-0.15, -0.1) is 0 Å². The molecular weight excluding hydrogens is 318 g/mol. The first-order valence-corrected chi connectivity index (χ1v) is 7.30. The van der Waals surface area contributed by atoms with Gasteiger partial charge in [-0.25, -0.2) is 0 Å². The zero-order valence-electron chi connectivity index (χ0n) is 11.4. The number of methoxy groups -OCH3 is 1. The normalized spacial score (nSPS) is 10.5. The van der Waals surface area contributed by atoms with Crippen LogP contribution in [0.15, 0.2) is 46.9 Å². The lowest BCUT2D eigenvalue weighted by Gasteiger charge is -2.08. The van der Waals surface area contributed by atoms with Gasteiger partial charge in [0, 0.05) is 12.1 Å². The summed E-state index contributed by atoms with van der Waals surface area (Å²) in [4.78, 5) is 0. The average molecular weight is 336 g/mol. The van der Waals surface area contributed by atoms with E-state index >= 15 is 0 Å². The maximum absolute atomic E-state index is 9.87. The zero-order chi connectivity index (χ0) is 14.4. The van der Waals surface area contributed by atoms with Gasteiger partial charge in [-0.05, 0) is 52.7 Å². The van der Waals surface area contributed by atoms with Crippen molar-refractivity contribution in [3.05, 3.63) is 58.1 Å². The van der Waals surface area contributed by atoms with Gasteiger partial charge in [-0.3, -0.25) is 0 Å². The molecule has 0 saturated carbocycles. The third-order valence-corrected chi connectivity index (χ3v) is 3.78. The first kappa shape index (κ1) is 14.9. The number of nitrogens with one attached hydrogen (secondary N) is 1. The Labute approximate surface area is 127 Å². The van der Waals surface area contributed by atoms with E-state index in [0.29, 0.717) is 12.3 Å². The van der Waals surface area contributed by atoms with Crippen LogP contribution in [0.25, 0.3) is 0 Å². The van der Waals surface area contributed by atoms with Gasteiger partial charge in [0.05, 0.1) is 11.6 Å². The van der Waals surface area contributed by atoms with Crippen molar-refractivity contribution in [3.63, 3.8) is 0 Å². The highest BCUT2D eigenvalue weighted by Crippen LogP contribution is 2.27. The molecule has 0 saturated heterocycles. The van der Waals surface area contributed by atoms with Crippen LogP contribution >= 0.6 is 15.9 Å². The van der Waals surface area contributed by atoms with E-state index in [-0.39, 0.29) is 0 Å². The smallest absolute Gasteiger partial charge is 0.134 e. The molecule has 0 aliphatic heterocycles. The van der Waals surface area contributed by atoms with E-state index in [1.807, 2.05) is 30.3 Å². The minimum atomic E-state index is 0.310. The average Bonchev–Trinajstić information content (AvgIpc) is 2.48. The van der Waals surface area contributed by atoms with E-state index in [2.05, 4.69) is 33.4 Å². The summed E-state index contributed by atoms with van der Waals surface area (Å²) >= 11 is 3.32. The molecule has 106 valence electrons. The predicted octanol–water partition coefficient (Wildman–Crippen LogP) is 3.50. The van der Waals surface area contributed by atoms with Crippen LogP contribution in [-0.2, 0) is 13.0 Å². The SMILES string of the molecule is COc1ccc(CCNCc2cccc(Br)c2O)cc1. The van der Waals surface area contributed by atoms with Gasteiger partial charge < -0.3 is 15.2 Å². The Balaban J connectivity index is 1.80. The molecule has 0 heterocycles. The third-order valence-electron chi connectivity index (χ3n) is 3.14. The molecule has 0 amide bonds. The Morgan fingerprint density at radius 3 is 2.60 bits per heavy atom. The Bertz CT molecular complexity index is 555. The molecule has 4 heteroatoms. The van der Waals surface area contributed by atoms with Crippen LogP contribution in [0.5, 0.6) is 11.5 Å². The maximum atomic E-state index is 9.87. The summed E-state index contributed by atoms with van der Waals surface area (Å²) in [6.07, 6.45) is 0.943. The van der Waals surface area contributed by atoms with Crippen LogP contribution in [0.1, 0.15) is 11.1 Å². The molecule has 0 fully saturated rings. The molecule has 0 spiro atoms. The van der Waals surface area contributed by atoms with Crippen LogP contribution in [-0.4, -0.2) is 18.8 Å². The fourth-order valence-corrected chi connectivity index (χ4v) is 2.36. The summed E-state index contributed by atoms with van der Waals surface area (Å²) in [7, 11) is 1.67. The Kier molecular flexibility index (Phi) is 5.44. The Morgan fingerprint density at radius 1 is 1.15 bits per heavy atom. The fourth-order valence-electron chi connectivity index (χ4n) is 1.95. The quantitative estimate of drug-likeness (QED) is 0.794. The van der Waals surface area contributed by atoms with Gasteiger partial charge in [-0.2, -0.15) is 0 Å². The maximum Gasteiger partial charge on any atom is 0.134 e. The van der Waals surface area contributed by atoms with Crippen LogP contribution in [0, 0.1) is 0 Å². The second-order valence-electron chi connectivity index (χ2n) is 4.52. The number of phenolic OH excluding ortho intramolecular Hbond substituents is 1. The van der Waals surface area contributed by atoms with Crippen molar-refractivity contribution < 1.29 is 9.84 Å². The van der Waals surface area contributed by atoms with Crippen LogP contribution in [0.4, 0.5) is 0 Å². The van der Waals surface area contributed by atoms with Crippen molar-refractivity contribution in [2.75, 3.05) is 13.7 Å². The summed E-state index contributed by atoms with van der Waals surface area (Å²) in [5, 5.41) is 13.2. The van der Waals surface area contributed by atoms with E-state index in [1.54, 1.807) is 7.11 Å². The van der Waals surface area contributed by atoms with Gasteiger partial charge >= 0.3 is 0 Å². The molecule has 0 aliphatic carbocycles. The number of ether oxygens (including phenoxy) is 1. The van der Waals surface area contributed by atoms with E-state index in [0.717, 1.165) is 28.8 Å². The second kappa shape index (κ2) is 7.31. The molecule has 0 atom stereocenters. The van der Waals surface area contributed by atoms with Crippen molar-refractivity contribution in [3.8, 4) is 11.5 Å². The molecule has 2 N–H and O–H groups in total. The number of benzene rings is 2. The molecular formula is C16H18BrNO2. The van der Waals surface area contributed by atoms with Crippen LogP contribution in [0.3, 0.4) is 0 Å². The standard InChI is InChI=1S/C16H18BrNO2/c1-20-14-7-5-12(6-8-14)9-10-18-11-13-3-2-4-15(17)16(13)19/h2-8,18-19H,9-11H2,1H3. The number of hydrogen-bond acceptors (Lipinski definition) is 3. The molecule has 0 unspecified atom stereocenters. The minimum Gasteiger partial charge on any atom is -0.506 e. The molecule has 2 rings (SSSR count). The molecule has 0 radical (unpaired) electrons. The predicted molar refractivity (Wildman–Crippen MR) is 84.2 cm³/mol. The molecule has 20 heavy (non-hydrogen) atoms. The summed E-state index contributed by atoms with van der Waals surface area (Å²) in [5.74, 6) is 1.19.